The first-order valence-electron chi connectivity index (χ1n) is 7.68. The van der Waals surface area contributed by atoms with Crippen molar-refractivity contribution < 1.29 is 28.8 Å². The van der Waals surface area contributed by atoms with Gasteiger partial charge in [-0.15, -0.1) is 0 Å². The molecule has 0 rings (SSSR count). The minimum Gasteiger partial charge on any atom is -0.465 e. The van der Waals surface area contributed by atoms with Crippen molar-refractivity contribution in [3.05, 3.63) is 12.2 Å². The fraction of sp³-hybridized carbons (Fsp3) is 0.750. The molecule has 0 aliphatic carbocycles. The maximum absolute atomic E-state index is 11.5. The van der Waals surface area contributed by atoms with E-state index in [9.17, 15) is 9.59 Å². The van der Waals surface area contributed by atoms with Gasteiger partial charge in [0, 0.05) is 5.57 Å². The summed E-state index contributed by atoms with van der Waals surface area (Å²) in [5, 5.41) is 0. The molecule has 0 radical (unpaired) electrons. The Balaban J connectivity index is 3.27. The molecule has 0 heterocycles. The number of unbranched alkanes of at least 4 members (excludes halogenated alkanes) is 3. The summed E-state index contributed by atoms with van der Waals surface area (Å²) in [4.78, 5) is 32.3. The summed E-state index contributed by atoms with van der Waals surface area (Å²) < 4.78 is 9.33. The molecular formula is C16H27BrO6. The lowest BCUT2D eigenvalue weighted by atomic mass is 10.2. The van der Waals surface area contributed by atoms with Crippen LogP contribution < -0.4 is 0 Å². The molecule has 0 fully saturated rings. The van der Waals surface area contributed by atoms with Crippen LogP contribution in [0.25, 0.3) is 0 Å². The predicted octanol–water partition coefficient (Wildman–Crippen LogP) is 3.33. The van der Waals surface area contributed by atoms with Crippen molar-refractivity contribution in [2.45, 2.75) is 50.8 Å². The highest BCUT2D eigenvalue weighted by Gasteiger charge is 2.24. The van der Waals surface area contributed by atoms with Gasteiger partial charge in [-0.2, -0.15) is 0 Å². The maximum atomic E-state index is 11.5. The van der Waals surface area contributed by atoms with E-state index in [0.29, 0.717) is 18.8 Å². The number of alkyl halides is 1. The summed E-state index contributed by atoms with van der Waals surface area (Å²) in [7, 11) is 0. The van der Waals surface area contributed by atoms with Crippen molar-refractivity contribution in [1.82, 2.24) is 0 Å². The second-order valence-corrected chi connectivity index (χ2v) is 7.57. The van der Waals surface area contributed by atoms with Crippen LogP contribution in [-0.4, -0.2) is 42.7 Å². The second-order valence-electron chi connectivity index (χ2n) is 5.58. The topological polar surface area (TPSA) is 71.1 Å². The fourth-order valence-corrected chi connectivity index (χ4v) is 1.48. The molecule has 23 heavy (non-hydrogen) atoms. The molecule has 0 unspecified atom stereocenters. The molecule has 0 spiro atoms. The third-order valence-electron chi connectivity index (χ3n) is 2.67. The lowest BCUT2D eigenvalue weighted by Gasteiger charge is -2.14. The lowest BCUT2D eigenvalue weighted by Crippen LogP contribution is -2.26. The molecule has 0 aromatic heterocycles. The Morgan fingerprint density at radius 1 is 0.913 bits per heavy atom. The number of ether oxygens (including phenoxy) is 2. The van der Waals surface area contributed by atoms with Crippen molar-refractivity contribution in [1.29, 1.82) is 0 Å². The Labute approximate surface area is 146 Å². The van der Waals surface area contributed by atoms with Crippen molar-refractivity contribution in [2.24, 2.45) is 0 Å². The highest BCUT2D eigenvalue weighted by molar-refractivity contribution is 9.10. The zero-order valence-corrected chi connectivity index (χ0v) is 15.8. The van der Waals surface area contributed by atoms with Gasteiger partial charge in [-0.1, -0.05) is 28.9 Å². The van der Waals surface area contributed by atoms with E-state index in [4.69, 9.17) is 19.2 Å². The number of halogens is 1. The number of esters is 2. The average Bonchev–Trinajstić information content (AvgIpc) is 2.46. The molecule has 0 aromatic rings. The summed E-state index contributed by atoms with van der Waals surface area (Å²) in [6, 6.07) is 0. The van der Waals surface area contributed by atoms with Crippen LogP contribution in [-0.2, 0) is 28.8 Å². The van der Waals surface area contributed by atoms with E-state index in [0.717, 1.165) is 25.7 Å². The standard InChI is InChI=1S/C16H27BrO6/c1-13(2)14(18)20-11-12-23-22-10-8-6-5-7-9-21-15(19)16(3,4)17/h1,5-12H2,2-4H3. The Morgan fingerprint density at radius 2 is 1.48 bits per heavy atom. The Kier molecular flexibility index (Phi) is 12.0. The number of carbonyl (C=O) groups excluding carboxylic acids is 2. The minimum absolute atomic E-state index is 0.140. The van der Waals surface area contributed by atoms with Gasteiger partial charge < -0.3 is 9.47 Å². The van der Waals surface area contributed by atoms with Gasteiger partial charge >= 0.3 is 11.9 Å². The molecular weight excluding hydrogens is 368 g/mol. The molecule has 7 heteroatoms. The van der Waals surface area contributed by atoms with Gasteiger partial charge in [-0.05, 0) is 40.0 Å². The lowest BCUT2D eigenvalue weighted by molar-refractivity contribution is -0.298. The molecule has 0 bridgehead atoms. The predicted molar refractivity (Wildman–Crippen MR) is 90.1 cm³/mol. The monoisotopic (exact) mass is 394 g/mol. The summed E-state index contributed by atoms with van der Waals surface area (Å²) in [5.74, 6) is -0.681. The van der Waals surface area contributed by atoms with Crippen LogP contribution in [0.15, 0.2) is 12.2 Å². The van der Waals surface area contributed by atoms with Crippen molar-refractivity contribution in [3.8, 4) is 0 Å². The van der Waals surface area contributed by atoms with Crippen LogP contribution in [0.4, 0.5) is 0 Å². The average molecular weight is 395 g/mol. The van der Waals surface area contributed by atoms with Crippen LogP contribution in [0.2, 0.25) is 0 Å². The second kappa shape index (κ2) is 12.5. The smallest absolute Gasteiger partial charge is 0.333 e. The van der Waals surface area contributed by atoms with Crippen molar-refractivity contribution in [3.63, 3.8) is 0 Å². The molecule has 6 nitrogen and oxygen atoms in total. The molecule has 0 aliphatic heterocycles. The molecule has 0 aromatic carbocycles. The third kappa shape index (κ3) is 13.2. The highest BCUT2D eigenvalue weighted by atomic mass is 79.9. The van der Waals surface area contributed by atoms with Crippen LogP contribution in [0, 0.1) is 0 Å². The molecule has 0 aliphatic rings. The summed E-state index contributed by atoms with van der Waals surface area (Å²) in [6.45, 7) is 9.80. The Hall–Kier alpha value is -0.920. The zero-order chi connectivity index (χ0) is 17.7. The highest BCUT2D eigenvalue weighted by Crippen LogP contribution is 2.17. The molecule has 0 N–H and O–H groups in total. The van der Waals surface area contributed by atoms with E-state index in [2.05, 4.69) is 22.5 Å². The molecule has 0 amide bonds. The maximum Gasteiger partial charge on any atom is 0.333 e. The first-order valence-corrected chi connectivity index (χ1v) is 8.47. The first-order chi connectivity index (χ1) is 10.7. The minimum atomic E-state index is -0.628. The number of hydrogen-bond acceptors (Lipinski definition) is 6. The molecule has 0 saturated carbocycles. The molecule has 0 atom stereocenters. The SMILES string of the molecule is C=C(C)C(=O)OCCOOCCCCCCOC(=O)C(C)(C)Br. The van der Waals surface area contributed by atoms with E-state index in [1.54, 1.807) is 20.8 Å². The number of hydrogen-bond donors (Lipinski definition) is 0. The largest absolute Gasteiger partial charge is 0.465 e. The van der Waals surface area contributed by atoms with Crippen LogP contribution in [0.3, 0.4) is 0 Å². The van der Waals surface area contributed by atoms with Gasteiger partial charge in [0.05, 0.1) is 13.2 Å². The van der Waals surface area contributed by atoms with Gasteiger partial charge in [0.1, 0.15) is 17.5 Å². The fourth-order valence-electron chi connectivity index (χ4n) is 1.36. The first kappa shape index (κ1) is 22.1. The van der Waals surface area contributed by atoms with E-state index >= 15 is 0 Å². The summed E-state index contributed by atoms with van der Waals surface area (Å²) in [5.41, 5.74) is 0.358. The van der Waals surface area contributed by atoms with Gasteiger partial charge in [-0.3, -0.25) is 4.79 Å². The quantitative estimate of drug-likeness (QED) is 0.119. The Morgan fingerprint density at radius 3 is 2.04 bits per heavy atom. The molecule has 134 valence electrons. The number of rotatable bonds is 13. The van der Waals surface area contributed by atoms with E-state index in [-0.39, 0.29) is 19.2 Å². The van der Waals surface area contributed by atoms with Gasteiger partial charge in [0.2, 0.25) is 0 Å². The van der Waals surface area contributed by atoms with Crippen LogP contribution in [0.5, 0.6) is 0 Å². The number of carbonyl (C=O) groups is 2. The summed E-state index contributed by atoms with van der Waals surface area (Å²) >= 11 is 3.25. The van der Waals surface area contributed by atoms with E-state index < -0.39 is 10.3 Å². The van der Waals surface area contributed by atoms with Gasteiger partial charge in [0.15, 0.2) is 0 Å². The van der Waals surface area contributed by atoms with Gasteiger partial charge in [0.25, 0.3) is 0 Å². The molecule has 0 saturated heterocycles. The normalized spacial score (nSPS) is 11.1. The van der Waals surface area contributed by atoms with Crippen molar-refractivity contribution in [2.75, 3.05) is 26.4 Å². The van der Waals surface area contributed by atoms with Crippen LogP contribution >= 0.6 is 15.9 Å². The third-order valence-corrected chi connectivity index (χ3v) is 3.00. The Bertz CT molecular complexity index is 375. The summed E-state index contributed by atoms with van der Waals surface area (Å²) in [6.07, 6.45) is 3.59. The zero-order valence-electron chi connectivity index (χ0n) is 14.2. The van der Waals surface area contributed by atoms with Gasteiger partial charge in [-0.25, -0.2) is 14.6 Å². The van der Waals surface area contributed by atoms with E-state index in [1.807, 2.05) is 0 Å². The van der Waals surface area contributed by atoms with Crippen molar-refractivity contribution >= 4 is 27.9 Å². The van der Waals surface area contributed by atoms with E-state index in [1.165, 1.54) is 0 Å². The van der Waals surface area contributed by atoms with Crippen LogP contribution in [0.1, 0.15) is 46.5 Å².